The van der Waals surface area contributed by atoms with Crippen molar-refractivity contribution >= 4 is 23.5 Å². The van der Waals surface area contributed by atoms with Gasteiger partial charge >= 0.3 is 5.97 Å². The van der Waals surface area contributed by atoms with Crippen LogP contribution in [0.2, 0.25) is 5.02 Å². The molecule has 6 heteroatoms. The first-order valence-corrected chi connectivity index (χ1v) is 5.41. The number of hydrogen-bond acceptors (Lipinski definition) is 2. The van der Waals surface area contributed by atoms with Crippen LogP contribution in [0.1, 0.15) is 10.4 Å². The minimum atomic E-state index is -1.20. The molecule has 0 saturated carbocycles. The van der Waals surface area contributed by atoms with Gasteiger partial charge in [-0.1, -0.05) is 23.7 Å². The van der Waals surface area contributed by atoms with Gasteiger partial charge in [0, 0.05) is 6.54 Å². The summed E-state index contributed by atoms with van der Waals surface area (Å²) in [5.41, 5.74) is -0.331. The molecule has 0 fully saturated rings. The SMILES string of the molecule is C=CCN(CC(=O)O)C(=O)c1c(F)cccc1Cl. The maximum Gasteiger partial charge on any atom is 0.323 e. The summed E-state index contributed by atoms with van der Waals surface area (Å²) in [4.78, 5) is 23.6. The lowest BCUT2D eigenvalue weighted by Gasteiger charge is -2.19. The second-order valence-corrected chi connectivity index (χ2v) is 3.87. The number of carbonyl (C=O) groups is 2. The number of amides is 1. The first-order chi connectivity index (χ1) is 8.47. The number of carboxylic acid groups (broad SMARTS) is 1. The fourth-order valence-electron chi connectivity index (χ4n) is 1.40. The third kappa shape index (κ3) is 3.30. The highest BCUT2D eigenvalue weighted by Gasteiger charge is 2.22. The molecule has 1 N–H and O–H groups in total. The van der Waals surface area contributed by atoms with Crippen molar-refractivity contribution in [3.63, 3.8) is 0 Å². The predicted molar refractivity (Wildman–Crippen MR) is 65.1 cm³/mol. The Labute approximate surface area is 108 Å². The van der Waals surface area contributed by atoms with Crippen LogP contribution >= 0.6 is 11.6 Å². The number of rotatable bonds is 5. The van der Waals surface area contributed by atoms with E-state index in [2.05, 4.69) is 6.58 Å². The fourth-order valence-corrected chi connectivity index (χ4v) is 1.64. The molecule has 0 bridgehead atoms. The molecule has 0 spiro atoms. The topological polar surface area (TPSA) is 57.6 Å². The smallest absolute Gasteiger partial charge is 0.323 e. The Kier molecular flexibility index (Phi) is 4.85. The van der Waals surface area contributed by atoms with E-state index in [0.717, 1.165) is 11.0 Å². The Morgan fingerprint density at radius 1 is 1.50 bits per heavy atom. The summed E-state index contributed by atoms with van der Waals surface area (Å²) in [6.07, 6.45) is 1.36. The highest BCUT2D eigenvalue weighted by atomic mass is 35.5. The van der Waals surface area contributed by atoms with Crippen LogP contribution in [-0.2, 0) is 4.79 Å². The van der Waals surface area contributed by atoms with E-state index in [4.69, 9.17) is 16.7 Å². The number of halogens is 2. The zero-order valence-corrected chi connectivity index (χ0v) is 10.2. The Bertz CT molecular complexity index is 470. The largest absolute Gasteiger partial charge is 0.480 e. The van der Waals surface area contributed by atoms with Crippen LogP contribution in [0.25, 0.3) is 0 Å². The molecule has 0 aromatic heterocycles. The van der Waals surface area contributed by atoms with Gasteiger partial charge in [0.1, 0.15) is 12.4 Å². The maximum absolute atomic E-state index is 13.5. The molecule has 0 saturated heterocycles. The summed E-state index contributed by atoms with van der Waals surface area (Å²) >= 11 is 5.74. The molecule has 1 rings (SSSR count). The van der Waals surface area contributed by atoms with Gasteiger partial charge in [0.2, 0.25) is 0 Å². The average molecular weight is 272 g/mol. The van der Waals surface area contributed by atoms with Crippen LogP contribution in [0.15, 0.2) is 30.9 Å². The second-order valence-electron chi connectivity index (χ2n) is 3.46. The molecule has 96 valence electrons. The van der Waals surface area contributed by atoms with Crippen LogP contribution in [0.4, 0.5) is 4.39 Å². The van der Waals surface area contributed by atoms with Crippen molar-refractivity contribution in [2.24, 2.45) is 0 Å². The third-order valence-corrected chi connectivity index (χ3v) is 2.45. The monoisotopic (exact) mass is 271 g/mol. The van der Waals surface area contributed by atoms with Gasteiger partial charge in [0.05, 0.1) is 10.6 Å². The van der Waals surface area contributed by atoms with Crippen LogP contribution in [-0.4, -0.2) is 35.0 Å². The van der Waals surface area contributed by atoms with Gasteiger partial charge in [-0.25, -0.2) is 4.39 Å². The number of benzene rings is 1. The molecule has 4 nitrogen and oxygen atoms in total. The van der Waals surface area contributed by atoms with Crippen molar-refractivity contribution in [1.82, 2.24) is 4.90 Å². The van der Waals surface area contributed by atoms with E-state index in [0.29, 0.717) is 0 Å². The van der Waals surface area contributed by atoms with Crippen molar-refractivity contribution < 1.29 is 19.1 Å². The molecule has 0 heterocycles. The standard InChI is InChI=1S/C12H11ClFNO3/c1-2-6-15(7-10(16)17)12(18)11-8(13)4-3-5-9(11)14/h2-5H,1,6-7H2,(H,16,17). The summed E-state index contributed by atoms with van der Waals surface area (Å²) < 4.78 is 13.5. The van der Waals surface area contributed by atoms with Crippen molar-refractivity contribution in [3.05, 3.63) is 47.3 Å². The van der Waals surface area contributed by atoms with Gasteiger partial charge in [-0.2, -0.15) is 0 Å². The van der Waals surface area contributed by atoms with Crippen molar-refractivity contribution in [1.29, 1.82) is 0 Å². The minimum Gasteiger partial charge on any atom is -0.480 e. The lowest BCUT2D eigenvalue weighted by Crippen LogP contribution is -2.36. The van der Waals surface area contributed by atoms with Crippen LogP contribution in [0, 0.1) is 5.82 Å². The Morgan fingerprint density at radius 2 is 2.17 bits per heavy atom. The molecular formula is C12H11ClFNO3. The highest BCUT2D eigenvalue weighted by Crippen LogP contribution is 2.20. The molecular weight excluding hydrogens is 261 g/mol. The number of nitrogens with zero attached hydrogens (tertiary/aromatic N) is 1. The summed E-state index contributed by atoms with van der Waals surface area (Å²) in [6, 6.07) is 3.82. The molecule has 0 unspecified atom stereocenters. The summed E-state index contributed by atoms with van der Waals surface area (Å²) in [7, 11) is 0. The molecule has 1 aromatic carbocycles. The molecule has 18 heavy (non-hydrogen) atoms. The number of hydrogen-bond donors (Lipinski definition) is 1. The van der Waals surface area contributed by atoms with Gasteiger partial charge in [-0.3, -0.25) is 9.59 Å². The Morgan fingerprint density at radius 3 is 2.67 bits per heavy atom. The molecule has 1 aromatic rings. The van der Waals surface area contributed by atoms with E-state index >= 15 is 0 Å². The average Bonchev–Trinajstić information content (AvgIpc) is 2.27. The molecule has 1 amide bonds. The normalized spacial score (nSPS) is 9.89. The number of aliphatic carboxylic acids is 1. The second kappa shape index (κ2) is 6.16. The number of carbonyl (C=O) groups excluding carboxylic acids is 1. The van der Waals surface area contributed by atoms with Crippen molar-refractivity contribution in [3.8, 4) is 0 Å². The first-order valence-electron chi connectivity index (χ1n) is 5.03. The zero-order valence-electron chi connectivity index (χ0n) is 9.40. The van der Waals surface area contributed by atoms with Gasteiger partial charge in [-0.15, -0.1) is 6.58 Å². The highest BCUT2D eigenvalue weighted by molar-refractivity contribution is 6.33. The summed E-state index contributed by atoms with van der Waals surface area (Å²) in [5, 5.41) is 8.63. The van der Waals surface area contributed by atoms with E-state index in [-0.39, 0.29) is 17.1 Å². The summed E-state index contributed by atoms with van der Waals surface area (Å²) in [5.74, 6) is -2.76. The van der Waals surface area contributed by atoms with Crippen molar-refractivity contribution in [2.45, 2.75) is 0 Å². The quantitative estimate of drug-likeness (QED) is 0.835. The van der Waals surface area contributed by atoms with Gasteiger partial charge in [0.25, 0.3) is 5.91 Å². The van der Waals surface area contributed by atoms with Gasteiger partial charge < -0.3 is 10.0 Å². The number of carboxylic acids is 1. The molecule has 0 aliphatic rings. The van der Waals surface area contributed by atoms with Crippen LogP contribution in [0.3, 0.4) is 0 Å². The van der Waals surface area contributed by atoms with E-state index in [1.165, 1.54) is 18.2 Å². The molecule has 0 aliphatic heterocycles. The zero-order chi connectivity index (χ0) is 13.7. The van der Waals surface area contributed by atoms with E-state index in [1.54, 1.807) is 0 Å². The lowest BCUT2D eigenvalue weighted by molar-refractivity contribution is -0.137. The first kappa shape index (κ1) is 14.2. The lowest BCUT2D eigenvalue weighted by atomic mass is 10.2. The Hall–Kier alpha value is -1.88. The molecule has 0 radical (unpaired) electrons. The minimum absolute atomic E-state index is 0.00417. The van der Waals surface area contributed by atoms with E-state index in [9.17, 15) is 14.0 Å². The van der Waals surface area contributed by atoms with E-state index in [1.807, 2.05) is 0 Å². The van der Waals surface area contributed by atoms with E-state index < -0.39 is 24.2 Å². The van der Waals surface area contributed by atoms with Gasteiger partial charge in [-0.05, 0) is 12.1 Å². The fraction of sp³-hybridized carbons (Fsp3) is 0.167. The van der Waals surface area contributed by atoms with Crippen LogP contribution < -0.4 is 0 Å². The predicted octanol–water partition coefficient (Wildman–Crippen LogP) is 2.19. The van der Waals surface area contributed by atoms with Crippen LogP contribution in [0.5, 0.6) is 0 Å². The van der Waals surface area contributed by atoms with Crippen molar-refractivity contribution in [2.75, 3.05) is 13.1 Å². The molecule has 0 aliphatic carbocycles. The van der Waals surface area contributed by atoms with Gasteiger partial charge in [0.15, 0.2) is 0 Å². The maximum atomic E-state index is 13.5. The molecule has 0 atom stereocenters. The summed E-state index contributed by atoms with van der Waals surface area (Å²) in [6.45, 7) is 2.86. The third-order valence-electron chi connectivity index (χ3n) is 2.14. The Balaban J connectivity index is 3.09.